The molecule has 1 saturated carbocycles. The minimum atomic E-state index is -0.0243. The zero-order chi connectivity index (χ0) is 17.9. The van der Waals surface area contributed by atoms with Crippen LogP contribution in [0, 0.1) is 13.8 Å². The Morgan fingerprint density at radius 1 is 1.31 bits per heavy atom. The first-order valence-corrected chi connectivity index (χ1v) is 9.11. The number of rotatable bonds is 3. The molecule has 2 aliphatic rings. The molecule has 3 aromatic rings. The quantitative estimate of drug-likeness (QED) is 0.768. The first-order chi connectivity index (χ1) is 12.6. The average Bonchev–Trinajstić information content (AvgIpc) is 3.30. The molecule has 1 aliphatic carbocycles. The maximum absolute atomic E-state index is 6.11. The Bertz CT molecular complexity index is 971. The minimum Gasteiger partial charge on any atom is -0.370 e. The molecule has 4 heterocycles. The summed E-state index contributed by atoms with van der Waals surface area (Å²) in [6.07, 6.45) is 5.92. The van der Waals surface area contributed by atoms with Crippen molar-refractivity contribution in [1.29, 1.82) is 0 Å². The van der Waals surface area contributed by atoms with Crippen molar-refractivity contribution in [3.8, 4) is 11.4 Å². The van der Waals surface area contributed by atoms with Crippen LogP contribution in [-0.2, 0) is 4.74 Å². The van der Waals surface area contributed by atoms with E-state index in [4.69, 9.17) is 15.0 Å². The third-order valence-electron chi connectivity index (χ3n) is 5.65. The molecule has 5 rings (SSSR count). The van der Waals surface area contributed by atoms with Crippen LogP contribution in [0.1, 0.15) is 48.9 Å². The molecule has 0 aromatic carbocycles. The summed E-state index contributed by atoms with van der Waals surface area (Å²) in [6.45, 7) is 4.57. The van der Waals surface area contributed by atoms with Crippen LogP contribution in [0.5, 0.6) is 0 Å². The van der Waals surface area contributed by atoms with Crippen molar-refractivity contribution in [2.45, 2.75) is 57.2 Å². The van der Waals surface area contributed by atoms with E-state index in [1.165, 1.54) is 0 Å². The molecule has 1 spiro atoms. The van der Waals surface area contributed by atoms with E-state index in [0.29, 0.717) is 18.3 Å². The average molecular weight is 354 g/mol. The van der Waals surface area contributed by atoms with Gasteiger partial charge in [0.25, 0.3) is 0 Å². The van der Waals surface area contributed by atoms with Gasteiger partial charge in [0, 0.05) is 23.9 Å². The second-order valence-corrected chi connectivity index (χ2v) is 7.59. The third-order valence-corrected chi connectivity index (χ3v) is 5.65. The second-order valence-electron chi connectivity index (χ2n) is 7.59. The van der Waals surface area contributed by atoms with Crippen molar-refractivity contribution in [2.75, 3.05) is 6.54 Å². The van der Waals surface area contributed by atoms with Crippen LogP contribution in [0.2, 0.25) is 0 Å². The summed E-state index contributed by atoms with van der Waals surface area (Å²) < 4.78 is 13.5. The lowest BCUT2D eigenvalue weighted by Gasteiger charge is -2.43. The smallest absolute Gasteiger partial charge is 0.230 e. The summed E-state index contributed by atoms with van der Waals surface area (Å²) in [5.41, 5.74) is 9.21. The van der Waals surface area contributed by atoms with E-state index in [9.17, 15) is 0 Å². The molecule has 0 radical (unpaired) electrons. The molecule has 8 nitrogen and oxygen atoms in total. The molecular formula is C18H22N6O2. The van der Waals surface area contributed by atoms with Crippen molar-refractivity contribution in [2.24, 2.45) is 5.73 Å². The van der Waals surface area contributed by atoms with E-state index >= 15 is 0 Å². The number of nitrogens with two attached hydrogens (primary N) is 1. The second kappa shape index (κ2) is 5.59. The fourth-order valence-electron chi connectivity index (χ4n) is 4.31. The largest absolute Gasteiger partial charge is 0.370 e. The van der Waals surface area contributed by atoms with Crippen molar-refractivity contribution in [3.63, 3.8) is 0 Å². The van der Waals surface area contributed by atoms with Gasteiger partial charge in [-0.2, -0.15) is 10.1 Å². The van der Waals surface area contributed by atoms with Gasteiger partial charge in [0.15, 0.2) is 5.65 Å². The molecule has 0 bridgehead atoms. The maximum Gasteiger partial charge on any atom is 0.230 e. The van der Waals surface area contributed by atoms with Gasteiger partial charge in [-0.05, 0) is 45.6 Å². The van der Waals surface area contributed by atoms with Gasteiger partial charge in [-0.3, -0.25) is 0 Å². The van der Waals surface area contributed by atoms with Gasteiger partial charge >= 0.3 is 0 Å². The number of aryl methyl sites for hydroxylation is 2. The van der Waals surface area contributed by atoms with Crippen LogP contribution in [0.4, 0.5) is 0 Å². The Balaban J connectivity index is 1.39. The molecule has 2 N–H and O–H groups in total. The third kappa shape index (κ3) is 2.36. The van der Waals surface area contributed by atoms with Crippen molar-refractivity contribution < 1.29 is 9.26 Å². The summed E-state index contributed by atoms with van der Waals surface area (Å²) in [5, 5.41) is 8.58. The van der Waals surface area contributed by atoms with E-state index in [1.54, 1.807) is 10.7 Å². The highest BCUT2D eigenvalue weighted by Crippen LogP contribution is 2.53. The Morgan fingerprint density at radius 3 is 2.92 bits per heavy atom. The molecule has 0 amide bonds. The zero-order valence-electron chi connectivity index (χ0n) is 15.0. The highest BCUT2D eigenvalue weighted by Gasteiger charge is 2.52. The SMILES string of the molecule is Cc1cc(C)n2ncc(-c3noc(C4CC5(CCC(CN)O5)C4)n3)c2n1. The van der Waals surface area contributed by atoms with Crippen molar-refractivity contribution >= 4 is 5.65 Å². The Labute approximate surface area is 150 Å². The number of fused-ring (bicyclic) bond motifs is 1. The lowest BCUT2D eigenvalue weighted by molar-refractivity contribution is -0.103. The first kappa shape index (κ1) is 15.9. The molecule has 1 saturated heterocycles. The highest BCUT2D eigenvalue weighted by molar-refractivity contribution is 5.72. The van der Waals surface area contributed by atoms with Crippen LogP contribution < -0.4 is 5.73 Å². The van der Waals surface area contributed by atoms with Crippen LogP contribution in [0.25, 0.3) is 17.0 Å². The van der Waals surface area contributed by atoms with Crippen molar-refractivity contribution in [3.05, 3.63) is 29.5 Å². The van der Waals surface area contributed by atoms with Crippen LogP contribution in [-0.4, -0.2) is 43.0 Å². The van der Waals surface area contributed by atoms with Gasteiger partial charge in [0.1, 0.15) is 0 Å². The lowest BCUT2D eigenvalue weighted by Crippen LogP contribution is -2.43. The number of nitrogens with zero attached hydrogens (tertiary/aromatic N) is 5. The molecule has 2 fully saturated rings. The van der Waals surface area contributed by atoms with Gasteiger partial charge in [-0.15, -0.1) is 0 Å². The Morgan fingerprint density at radius 2 is 2.15 bits per heavy atom. The summed E-state index contributed by atoms with van der Waals surface area (Å²) in [5.74, 6) is 1.47. The van der Waals surface area contributed by atoms with Gasteiger partial charge in [0.05, 0.1) is 23.5 Å². The molecule has 1 aliphatic heterocycles. The van der Waals surface area contributed by atoms with Gasteiger partial charge in [0.2, 0.25) is 11.7 Å². The van der Waals surface area contributed by atoms with E-state index in [0.717, 1.165) is 48.3 Å². The molecule has 3 aromatic heterocycles. The minimum absolute atomic E-state index is 0.0243. The van der Waals surface area contributed by atoms with Gasteiger partial charge < -0.3 is 15.0 Å². The molecule has 1 atom stereocenters. The number of hydrogen-bond acceptors (Lipinski definition) is 7. The van der Waals surface area contributed by atoms with E-state index in [2.05, 4.69) is 20.2 Å². The summed E-state index contributed by atoms with van der Waals surface area (Å²) in [7, 11) is 0. The number of hydrogen-bond donors (Lipinski definition) is 1. The normalized spacial score (nSPS) is 28.1. The Kier molecular flexibility index (Phi) is 3.42. The highest BCUT2D eigenvalue weighted by atomic mass is 16.5. The first-order valence-electron chi connectivity index (χ1n) is 9.11. The van der Waals surface area contributed by atoms with Crippen LogP contribution in [0.15, 0.2) is 16.8 Å². The predicted octanol–water partition coefficient (Wildman–Crippen LogP) is 2.15. The van der Waals surface area contributed by atoms with E-state index in [1.807, 2.05) is 19.9 Å². The number of ether oxygens (including phenoxy) is 1. The van der Waals surface area contributed by atoms with E-state index in [-0.39, 0.29) is 17.6 Å². The van der Waals surface area contributed by atoms with E-state index < -0.39 is 0 Å². The molecule has 1 unspecified atom stereocenters. The van der Waals surface area contributed by atoms with Gasteiger partial charge in [-0.1, -0.05) is 5.16 Å². The summed E-state index contributed by atoms with van der Waals surface area (Å²) in [4.78, 5) is 9.21. The monoisotopic (exact) mass is 354 g/mol. The summed E-state index contributed by atoms with van der Waals surface area (Å²) >= 11 is 0. The molecule has 26 heavy (non-hydrogen) atoms. The lowest BCUT2D eigenvalue weighted by atomic mass is 9.69. The molecular weight excluding hydrogens is 332 g/mol. The van der Waals surface area contributed by atoms with Crippen LogP contribution >= 0.6 is 0 Å². The summed E-state index contributed by atoms with van der Waals surface area (Å²) in [6, 6.07) is 2.00. The predicted molar refractivity (Wildman–Crippen MR) is 93.6 cm³/mol. The van der Waals surface area contributed by atoms with Crippen LogP contribution in [0.3, 0.4) is 0 Å². The topological polar surface area (TPSA) is 104 Å². The fraction of sp³-hybridized carbons (Fsp3) is 0.556. The maximum atomic E-state index is 6.11. The van der Waals surface area contributed by atoms with Gasteiger partial charge in [-0.25, -0.2) is 9.50 Å². The zero-order valence-corrected chi connectivity index (χ0v) is 15.0. The standard InChI is InChI=1S/C18H22N6O2/c1-10-5-11(2)24-16(21-10)14(9-20-24)15-22-17(26-23-15)12-6-18(7-12)4-3-13(8-19)25-18/h5,9,12-13H,3-4,6-8,19H2,1-2H3. The molecule has 136 valence electrons. The number of aromatic nitrogens is 5. The Hall–Kier alpha value is -2.32. The molecule has 8 heteroatoms. The van der Waals surface area contributed by atoms with Crippen molar-refractivity contribution in [1.82, 2.24) is 24.7 Å². The fourth-order valence-corrected chi connectivity index (χ4v) is 4.31.